The predicted octanol–water partition coefficient (Wildman–Crippen LogP) is 2.06. The first-order valence-corrected chi connectivity index (χ1v) is 7.41. The van der Waals surface area contributed by atoms with Gasteiger partial charge in [-0.3, -0.25) is 14.8 Å². The molecule has 2 aromatic carbocycles. The smallest absolute Gasteiger partial charge is 0.285 e. The van der Waals surface area contributed by atoms with Crippen LogP contribution in [-0.4, -0.2) is 28.3 Å². The lowest BCUT2D eigenvalue weighted by Crippen LogP contribution is -2.49. The number of ether oxygens (including phenoxy) is 1. The van der Waals surface area contributed by atoms with E-state index in [1.165, 1.54) is 0 Å². The SMILES string of the molecule is O=C(NCc1ccc(-c2ccccc2)cc1)C1OC=CC(=O)N1O. The molecule has 1 atom stereocenters. The fourth-order valence-electron chi connectivity index (χ4n) is 2.32. The fourth-order valence-corrected chi connectivity index (χ4v) is 2.32. The summed E-state index contributed by atoms with van der Waals surface area (Å²) in [6.45, 7) is 0.263. The first kappa shape index (κ1) is 15.8. The van der Waals surface area contributed by atoms with E-state index in [2.05, 4.69) is 5.32 Å². The summed E-state index contributed by atoms with van der Waals surface area (Å²) in [7, 11) is 0. The normalized spacial score (nSPS) is 16.6. The number of nitrogens with zero attached hydrogens (tertiary/aromatic N) is 1. The summed E-state index contributed by atoms with van der Waals surface area (Å²) >= 11 is 0. The van der Waals surface area contributed by atoms with E-state index in [0.717, 1.165) is 29.0 Å². The maximum Gasteiger partial charge on any atom is 0.285 e. The van der Waals surface area contributed by atoms with E-state index in [1.807, 2.05) is 54.6 Å². The number of benzene rings is 2. The largest absolute Gasteiger partial charge is 0.466 e. The van der Waals surface area contributed by atoms with Crippen molar-refractivity contribution >= 4 is 11.8 Å². The van der Waals surface area contributed by atoms with E-state index in [9.17, 15) is 14.8 Å². The third-order valence-corrected chi connectivity index (χ3v) is 3.62. The third kappa shape index (κ3) is 3.44. The van der Waals surface area contributed by atoms with Crippen LogP contribution in [0.5, 0.6) is 0 Å². The molecule has 122 valence electrons. The lowest BCUT2D eigenvalue weighted by molar-refractivity contribution is -0.208. The molecule has 0 bridgehead atoms. The van der Waals surface area contributed by atoms with Crippen LogP contribution < -0.4 is 5.32 Å². The number of amides is 2. The minimum Gasteiger partial charge on any atom is -0.466 e. The van der Waals surface area contributed by atoms with Gasteiger partial charge < -0.3 is 10.1 Å². The van der Waals surface area contributed by atoms with Crippen LogP contribution in [0.15, 0.2) is 66.9 Å². The quantitative estimate of drug-likeness (QED) is 0.844. The molecule has 2 aromatic rings. The topological polar surface area (TPSA) is 78.9 Å². The minimum atomic E-state index is -1.37. The Kier molecular flexibility index (Phi) is 4.58. The summed E-state index contributed by atoms with van der Waals surface area (Å²) in [4.78, 5) is 23.3. The van der Waals surface area contributed by atoms with Crippen LogP contribution in [0.25, 0.3) is 11.1 Å². The number of hydroxylamine groups is 2. The second kappa shape index (κ2) is 6.97. The van der Waals surface area contributed by atoms with Gasteiger partial charge in [-0.2, -0.15) is 5.06 Å². The van der Waals surface area contributed by atoms with Gasteiger partial charge in [0.05, 0.1) is 6.26 Å². The van der Waals surface area contributed by atoms with Gasteiger partial charge in [0, 0.05) is 12.6 Å². The average Bonchev–Trinajstić information content (AvgIpc) is 2.63. The van der Waals surface area contributed by atoms with Crippen LogP contribution >= 0.6 is 0 Å². The molecule has 6 nitrogen and oxygen atoms in total. The maximum absolute atomic E-state index is 12.0. The van der Waals surface area contributed by atoms with Gasteiger partial charge in [0.2, 0.25) is 0 Å². The Hall–Kier alpha value is -3.12. The first-order chi connectivity index (χ1) is 11.6. The standard InChI is InChI=1S/C18H16N2O4/c21-16-10-11-24-18(20(16)23)17(22)19-12-13-6-8-15(9-7-13)14-4-2-1-3-5-14/h1-11,18,23H,12H2,(H,19,22). The molecular weight excluding hydrogens is 308 g/mol. The van der Waals surface area contributed by atoms with Gasteiger partial charge in [-0.05, 0) is 16.7 Å². The Labute approximate surface area is 138 Å². The molecule has 1 aliphatic rings. The lowest BCUT2D eigenvalue weighted by atomic mass is 10.0. The second-order valence-electron chi connectivity index (χ2n) is 5.25. The van der Waals surface area contributed by atoms with Gasteiger partial charge in [0.1, 0.15) is 0 Å². The molecule has 3 rings (SSSR count). The molecule has 0 spiro atoms. The fraction of sp³-hybridized carbons (Fsp3) is 0.111. The van der Waals surface area contributed by atoms with Crippen LogP contribution in [0.2, 0.25) is 0 Å². The number of carbonyl (C=O) groups excluding carboxylic acids is 2. The molecule has 1 unspecified atom stereocenters. The molecule has 0 fully saturated rings. The molecule has 1 aliphatic heterocycles. The van der Waals surface area contributed by atoms with Crippen molar-refractivity contribution in [2.24, 2.45) is 0 Å². The number of nitrogens with one attached hydrogen (secondary N) is 1. The Morgan fingerprint density at radius 1 is 1.08 bits per heavy atom. The van der Waals surface area contributed by atoms with Crippen LogP contribution in [0.1, 0.15) is 5.56 Å². The Morgan fingerprint density at radius 2 is 1.75 bits per heavy atom. The highest BCUT2D eigenvalue weighted by Gasteiger charge is 2.31. The van der Waals surface area contributed by atoms with Crippen molar-refractivity contribution in [3.8, 4) is 11.1 Å². The van der Waals surface area contributed by atoms with Crippen molar-refractivity contribution in [3.05, 3.63) is 72.5 Å². The number of hydrogen-bond acceptors (Lipinski definition) is 4. The highest BCUT2D eigenvalue weighted by molar-refractivity contribution is 5.92. The summed E-state index contributed by atoms with van der Waals surface area (Å²) in [5.74, 6) is -1.30. The molecule has 0 radical (unpaired) electrons. The summed E-state index contributed by atoms with van der Waals surface area (Å²) in [5, 5.41) is 12.4. The molecule has 0 aromatic heterocycles. The van der Waals surface area contributed by atoms with Crippen LogP contribution in [0, 0.1) is 0 Å². The van der Waals surface area contributed by atoms with Gasteiger partial charge in [-0.25, -0.2) is 0 Å². The Balaban J connectivity index is 1.60. The maximum atomic E-state index is 12.0. The zero-order valence-electron chi connectivity index (χ0n) is 12.8. The molecule has 0 saturated heterocycles. The monoisotopic (exact) mass is 324 g/mol. The lowest BCUT2D eigenvalue weighted by Gasteiger charge is -2.25. The van der Waals surface area contributed by atoms with Gasteiger partial charge in [0.15, 0.2) is 0 Å². The van der Waals surface area contributed by atoms with Gasteiger partial charge in [-0.15, -0.1) is 0 Å². The number of rotatable bonds is 4. The summed E-state index contributed by atoms with van der Waals surface area (Å²) in [6, 6.07) is 17.7. The molecule has 0 aliphatic carbocycles. The van der Waals surface area contributed by atoms with Crippen molar-refractivity contribution in [1.82, 2.24) is 10.4 Å². The third-order valence-electron chi connectivity index (χ3n) is 3.62. The highest BCUT2D eigenvalue weighted by atomic mass is 16.6. The molecule has 1 heterocycles. The van der Waals surface area contributed by atoms with Gasteiger partial charge in [0.25, 0.3) is 18.0 Å². The van der Waals surface area contributed by atoms with E-state index in [0.29, 0.717) is 0 Å². The Morgan fingerprint density at radius 3 is 2.46 bits per heavy atom. The zero-order valence-corrected chi connectivity index (χ0v) is 12.8. The minimum absolute atomic E-state index is 0.258. The summed E-state index contributed by atoms with van der Waals surface area (Å²) < 4.78 is 4.95. The van der Waals surface area contributed by atoms with Crippen LogP contribution in [-0.2, 0) is 20.9 Å². The van der Waals surface area contributed by atoms with Crippen molar-refractivity contribution in [3.63, 3.8) is 0 Å². The summed E-state index contributed by atoms with van der Waals surface area (Å²) in [6.07, 6.45) is 0.756. The van der Waals surface area contributed by atoms with E-state index in [-0.39, 0.29) is 11.6 Å². The van der Waals surface area contributed by atoms with Crippen LogP contribution in [0.3, 0.4) is 0 Å². The second-order valence-corrected chi connectivity index (χ2v) is 5.25. The van der Waals surface area contributed by atoms with Crippen molar-refractivity contribution in [1.29, 1.82) is 0 Å². The average molecular weight is 324 g/mol. The van der Waals surface area contributed by atoms with E-state index in [1.54, 1.807) is 0 Å². The molecule has 6 heteroatoms. The highest BCUT2D eigenvalue weighted by Crippen LogP contribution is 2.19. The molecule has 0 saturated carbocycles. The van der Waals surface area contributed by atoms with Gasteiger partial charge in [-0.1, -0.05) is 54.6 Å². The van der Waals surface area contributed by atoms with Crippen molar-refractivity contribution in [2.75, 3.05) is 0 Å². The molecule has 2 N–H and O–H groups in total. The van der Waals surface area contributed by atoms with Crippen LogP contribution in [0.4, 0.5) is 0 Å². The predicted molar refractivity (Wildman–Crippen MR) is 86.4 cm³/mol. The first-order valence-electron chi connectivity index (χ1n) is 7.41. The number of carbonyl (C=O) groups is 2. The molecular formula is C18H16N2O4. The van der Waals surface area contributed by atoms with Crippen molar-refractivity contribution in [2.45, 2.75) is 12.8 Å². The van der Waals surface area contributed by atoms with E-state index in [4.69, 9.17) is 4.74 Å². The number of hydrogen-bond donors (Lipinski definition) is 2. The summed E-state index contributed by atoms with van der Waals surface area (Å²) in [5.41, 5.74) is 3.09. The van der Waals surface area contributed by atoms with Crippen molar-refractivity contribution < 1.29 is 19.5 Å². The molecule has 24 heavy (non-hydrogen) atoms. The van der Waals surface area contributed by atoms with E-state index < -0.39 is 18.0 Å². The van der Waals surface area contributed by atoms with E-state index >= 15 is 0 Å². The molecule has 2 amide bonds. The van der Waals surface area contributed by atoms with Gasteiger partial charge >= 0.3 is 0 Å². The Bertz CT molecular complexity index is 756. The zero-order chi connectivity index (χ0) is 16.9.